The molecule has 1 aliphatic heterocycles. The van der Waals surface area contributed by atoms with Crippen molar-refractivity contribution in [1.82, 2.24) is 14.3 Å². The summed E-state index contributed by atoms with van der Waals surface area (Å²) < 4.78 is 24.1. The Kier molecular flexibility index (Phi) is 3.12. The van der Waals surface area contributed by atoms with Crippen LogP contribution in [0.1, 0.15) is 12.2 Å². The van der Waals surface area contributed by atoms with Gasteiger partial charge < -0.3 is 5.73 Å². The molecule has 0 saturated heterocycles. The minimum Gasteiger partial charge on any atom is -0.384 e. The number of nitrogens with zero attached hydrogens (tertiary/aromatic N) is 3. The van der Waals surface area contributed by atoms with Crippen molar-refractivity contribution in [3.8, 4) is 0 Å². The van der Waals surface area contributed by atoms with E-state index in [1.165, 1.54) is 10.6 Å². The maximum absolute atomic E-state index is 11.3. The third-order valence-corrected chi connectivity index (χ3v) is 3.87. The Balaban J connectivity index is 2.19. The molecule has 7 heteroatoms. The summed E-state index contributed by atoms with van der Waals surface area (Å²) in [5.74, 6) is 1.000. The summed E-state index contributed by atoms with van der Waals surface area (Å²) in [5.41, 5.74) is 6.52. The van der Waals surface area contributed by atoms with Crippen LogP contribution in [-0.4, -0.2) is 42.0 Å². The number of rotatable bonds is 2. The highest BCUT2D eigenvalue weighted by molar-refractivity contribution is 7.88. The lowest BCUT2D eigenvalue weighted by Gasteiger charge is -2.23. The van der Waals surface area contributed by atoms with E-state index in [0.717, 1.165) is 5.57 Å². The molecule has 0 saturated carbocycles. The molecule has 0 unspecified atom stereocenters. The van der Waals surface area contributed by atoms with E-state index in [4.69, 9.17) is 5.73 Å². The zero-order chi connectivity index (χ0) is 12.5. The Morgan fingerprint density at radius 3 is 2.76 bits per heavy atom. The SMILES string of the molecule is CS(=O)(=O)N1CC=C(c2nccc(N)n2)CC1. The summed E-state index contributed by atoms with van der Waals surface area (Å²) in [4.78, 5) is 8.24. The topological polar surface area (TPSA) is 89.2 Å². The number of sulfonamides is 1. The molecule has 6 nitrogen and oxygen atoms in total. The first-order valence-electron chi connectivity index (χ1n) is 5.20. The number of anilines is 1. The number of nitrogen functional groups attached to an aromatic ring is 1. The van der Waals surface area contributed by atoms with Crippen molar-refractivity contribution in [1.29, 1.82) is 0 Å². The monoisotopic (exact) mass is 254 g/mol. The molecule has 2 heterocycles. The van der Waals surface area contributed by atoms with Gasteiger partial charge in [-0.25, -0.2) is 18.4 Å². The molecule has 92 valence electrons. The Hall–Kier alpha value is -1.47. The highest BCUT2D eigenvalue weighted by atomic mass is 32.2. The molecular weight excluding hydrogens is 240 g/mol. The van der Waals surface area contributed by atoms with Gasteiger partial charge in [0.05, 0.1) is 6.26 Å². The van der Waals surface area contributed by atoms with Crippen molar-refractivity contribution in [3.05, 3.63) is 24.2 Å². The lowest BCUT2D eigenvalue weighted by molar-refractivity contribution is 0.445. The number of nitrogens with two attached hydrogens (primary N) is 1. The van der Waals surface area contributed by atoms with E-state index in [1.807, 2.05) is 6.08 Å². The largest absolute Gasteiger partial charge is 0.384 e. The first-order valence-corrected chi connectivity index (χ1v) is 7.05. The van der Waals surface area contributed by atoms with Crippen molar-refractivity contribution >= 4 is 21.4 Å². The Morgan fingerprint density at radius 2 is 2.24 bits per heavy atom. The second-order valence-electron chi connectivity index (χ2n) is 3.91. The number of aromatic nitrogens is 2. The van der Waals surface area contributed by atoms with Gasteiger partial charge in [-0.1, -0.05) is 6.08 Å². The summed E-state index contributed by atoms with van der Waals surface area (Å²) in [6, 6.07) is 1.62. The fraction of sp³-hybridized carbons (Fsp3) is 0.400. The third-order valence-electron chi connectivity index (χ3n) is 2.61. The van der Waals surface area contributed by atoms with E-state index in [1.54, 1.807) is 12.3 Å². The summed E-state index contributed by atoms with van der Waals surface area (Å²) in [6.07, 6.45) is 5.25. The van der Waals surface area contributed by atoms with Crippen molar-refractivity contribution in [2.45, 2.75) is 6.42 Å². The van der Waals surface area contributed by atoms with Crippen LogP contribution in [0.4, 0.5) is 5.82 Å². The van der Waals surface area contributed by atoms with Crippen LogP contribution < -0.4 is 5.73 Å². The van der Waals surface area contributed by atoms with Gasteiger partial charge >= 0.3 is 0 Å². The maximum atomic E-state index is 11.3. The fourth-order valence-electron chi connectivity index (χ4n) is 1.68. The van der Waals surface area contributed by atoms with Crippen LogP contribution in [0.15, 0.2) is 18.3 Å². The zero-order valence-electron chi connectivity index (χ0n) is 9.50. The lowest BCUT2D eigenvalue weighted by Crippen LogP contribution is -2.33. The first-order chi connectivity index (χ1) is 7.97. The van der Waals surface area contributed by atoms with Crippen LogP contribution in [0.2, 0.25) is 0 Å². The van der Waals surface area contributed by atoms with E-state index < -0.39 is 10.0 Å². The normalized spacial score (nSPS) is 17.8. The molecule has 0 bridgehead atoms. The molecule has 2 rings (SSSR count). The van der Waals surface area contributed by atoms with Gasteiger partial charge in [0.15, 0.2) is 5.82 Å². The van der Waals surface area contributed by atoms with Crippen molar-refractivity contribution in [2.75, 3.05) is 25.1 Å². The highest BCUT2D eigenvalue weighted by Gasteiger charge is 2.21. The van der Waals surface area contributed by atoms with Crippen LogP contribution in [0, 0.1) is 0 Å². The van der Waals surface area contributed by atoms with Crippen molar-refractivity contribution < 1.29 is 8.42 Å². The van der Waals surface area contributed by atoms with Crippen LogP contribution >= 0.6 is 0 Å². The average Bonchev–Trinajstić information content (AvgIpc) is 2.28. The standard InChI is InChI=1S/C10H14N4O2S/c1-17(15,16)14-6-3-8(4-7-14)10-12-5-2-9(11)13-10/h2-3,5H,4,6-7H2,1H3,(H2,11,12,13). The molecule has 0 spiro atoms. The molecule has 0 amide bonds. The molecule has 17 heavy (non-hydrogen) atoms. The van der Waals surface area contributed by atoms with Gasteiger partial charge in [0.2, 0.25) is 10.0 Å². The van der Waals surface area contributed by atoms with Crippen LogP contribution in [0.5, 0.6) is 0 Å². The van der Waals surface area contributed by atoms with Crippen LogP contribution in [-0.2, 0) is 10.0 Å². The molecule has 1 aliphatic rings. The fourth-order valence-corrected chi connectivity index (χ4v) is 2.45. The van der Waals surface area contributed by atoms with Crippen molar-refractivity contribution in [2.24, 2.45) is 0 Å². The van der Waals surface area contributed by atoms with Gasteiger partial charge in [-0.2, -0.15) is 4.31 Å². The smallest absolute Gasteiger partial charge is 0.211 e. The van der Waals surface area contributed by atoms with Gasteiger partial charge in [-0.15, -0.1) is 0 Å². The summed E-state index contributed by atoms with van der Waals surface area (Å²) in [7, 11) is -3.12. The average molecular weight is 254 g/mol. The number of hydrogen-bond acceptors (Lipinski definition) is 5. The molecule has 0 atom stereocenters. The minimum atomic E-state index is -3.12. The Morgan fingerprint density at radius 1 is 1.47 bits per heavy atom. The predicted octanol–water partition coefficient (Wildman–Crippen LogP) is 0.107. The first kappa shape index (κ1) is 12.0. The van der Waals surface area contributed by atoms with E-state index >= 15 is 0 Å². The molecular formula is C10H14N4O2S. The molecule has 0 fully saturated rings. The highest BCUT2D eigenvalue weighted by Crippen LogP contribution is 2.20. The van der Waals surface area contributed by atoms with Gasteiger partial charge in [-0.05, 0) is 18.1 Å². The second kappa shape index (κ2) is 4.42. The maximum Gasteiger partial charge on any atom is 0.211 e. The summed E-state index contributed by atoms with van der Waals surface area (Å²) in [5, 5.41) is 0. The Bertz CT molecular complexity index is 553. The van der Waals surface area contributed by atoms with Gasteiger partial charge in [0.1, 0.15) is 5.82 Å². The van der Waals surface area contributed by atoms with Gasteiger partial charge in [0, 0.05) is 19.3 Å². The summed E-state index contributed by atoms with van der Waals surface area (Å²) in [6.45, 7) is 0.829. The molecule has 0 radical (unpaired) electrons. The molecule has 0 aromatic carbocycles. The third kappa shape index (κ3) is 2.80. The van der Waals surface area contributed by atoms with E-state index in [9.17, 15) is 8.42 Å². The second-order valence-corrected chi connectivity index (χ2v) is 5.89. The molecule has 1 aromatic heterocycles. The van der Waals surface area contributed by atoms with Crippen molar-refractivity contribution in [3.63, 3.8) is 0 Å². The summed E-state index contributed by atoms with van der Waals surface area (Å²) >= 11 is 0. The molecule has 2 N–H and O–H groups in total. The molecule has 1 aromatic rings. The predicted molar refractivity (Wildman–Crippen MR) is 65.5 cm³/mol. The number of hydrogen-bond donors (Lipinski definition) is 1. The minimum absolute atomic E-state index is 0.367. The van der Waals surface area contributed by atoms with Crippen LogP contribution in [0.25, 0.3) is 5.57 Å². The van der Waals surface area contributed by atoms with E-state index in [2.05, 4.69) is 9.97 Å². The van der Waals surface area contributed by atoms with E-state index in [-0.39, 0.29) is 0 Å². The van der Waals surface area contributed by atoms with Crippen LogP contribution in [0.3, 0.4) is 0 Å². The zero-order valence-corrected chi connectivity index (χ0v) is 10.3. The quantitative estimate of drug-likeness (QED) is 0.809. The van der Waals surface area contributed by atoms with Gasteiger partial charge in [0.25, 0.3) is 0 Å². The lowest BCUT2D eigenvalue weighted by atomic mass is 10.1. The van der Waals surface area contributed by atoms with Gasteiger partial charge in [-0.3, -0.25) is 0 Å². The molecule has 0 aliphatic carbocycles. The Labute approximate surface area is 100 Å². The van der Waals surface area contributed by atoms with E-state index in [0.29, 0.717) is 31.2 Å².